The number of hydrazine groups is 1. The minimum atomic E-state index is 0.118. The Balaban J connectivity index is 2.10. The fourth-order valence-corrected chi connectivity index (χ4v) is 2.14. The summed E-state index contributed by atoms with van der Waals surface area (Å²) in [6.45, 7) is 4.41. The van der Waals surface area contributed by atoms with Crippen molar-refractivity contribution in [1.29, 1.82) is 0 Å². The lowest BCUT2D eigenvalue weighted by molar-refractivity contribution is 0.551. The Labute approximate surface area is 114 Å². The molecule has 0 bridgehead atoms. The van der Waals surface area contributed by atoms with Gasteiger partial charge in [-0.3, -0.25) is 16.3 Å². The Kier molecular flexibility index (Phi) is 4.66. The van der Waals surface area contributed by atoms with Crippen molar-refractivity contribution in [3.05, 3.63) is 65.5 Å². The number of hydrogen-bond donors (Lipinski definition) is 2. The van der Waals surface area contributed by atoms with Crippen LogP contribution in [0.3, 0.4) is 0 Å². The van der Waals surface area contributed by atoms with Crippen molar-refractivity contribution in [3.8, 4) is 0 Å². The zero-order valence-electron chi connectivity index (χ0n) is 11.5. The maximum atomic E-state index is 5.66. The van der Waals surface area contributed by atoms with E-state index in [1.807, 2.05) is 12.1 Å². The number of hydrogen-bond acceptors (Lipinski definition) is 3. The molecule has 0 aliphatic carbocycles. The molecule has 0 aliphatic rings. The van der Waals surface area contributed by atoms with Crippen LogP contribution in [0.1, 0.15) is 42.5 Å². The van der Waals surface area contributed by atoms with E-state index in [9.17, 15) is 0 Å². The fraction of sp³-hybridized carbons (Fsp3) is 0.312. The second-order valence-electron chi connectivity index (χ2n) is 5.10. The average molecular weight is 255 g/mol. The Morgan fingerprint density at radius 1 is 1.00 bits per heavy atom. The Morgan fingerprint density at radius 3 is 2.16 bits per heavy atom. The summed E-state index contributed by atoms with van der Waals surface area (Å²) >= 11 is 0. The Bertz CT molecular complexity index is 491. The van der Waals surface area contributed by atoms with Crippen molar-refractivity contribution in [2.24, 2.45) is 5.84 Å². The highest BCUT2D eigenvalue weighted by atomic mass is 15.2. The van der Waals surface area contributed by atoms with Crippen LogP contribution in [0.4, 0.5) is 0 Å². The molecule has 19 heavy (non-hydrogen) atoms. The molecule has 1 aromatic heterocycles. The molecule has 1 aromatic carbocycles. The molecular formula is C16H21N3. The minimum absolute atomic E-state index is 0.118. The third-order valence-electron chi connectivity index (χ3n) is 3.40. The molecule has 0 saturated heterocycles. The first-order valence-corrected chi connectivity index (χ1v) is 6.65. The van der Waals surface area contributed by atoms with Gasteiger partial charge in [0.2, 0.25) is 0 Å². The molecule has 0 aliphatic heterocycles. The monoisotopic (exact) mass is 255 g/mol. The van der Waals surface area contributed by atoms with Gasteiger partial charge in [0.1, 0.15) is 0 Å². The molecule has 0 spiro atoms. The molecule has 3 N–H and O–H groups in total. The molecule has 0 radical (unpaired) electrons. The minimum Gasteiger partial charge on any atom is -0.271 e. The van der Waals surface area contributed by atoms with Crippen LogP contribution in [0.2, 0.25) is 0 Å². The van der Waals surface area contributed by atoms with Gasteiger partial charge in [0, 0.05) is 12.4 Å². The first kappa shape index (κ1) is 13.7. The number of rotatable bonds is 5. The number of aromatic nitrogens is 1. The van der Waals surface area contributed by atoms with Gasteiger partial charge < -0.3 is 0 Å². The fourth-order valence-electron chi connectivity index (χ4n) is 2.14. The molecular weight excluding hydrogens is 234 g/mol. The average Bonchev–Trinajstić information content (AvgIpc) is 2.46. The second-order valence-corrected chi connectivity index (χ2v) is 5.10. The summed E-state index contributed by atoms with van der Waals surface area (Å²) in [4.78, 5) is 4.03. The van der Waals surface area contributed by atoms with Crippen LogP contribution in [0.25, 0.3) is 0 Å². The van der Waals surface area contributed by atoms with Crippen LogP contribution >= 0.6 is 0 Å². The van der Waals surface area contributed by atoms with Crippen molar-refractivity contribution in [1.82, 2.24) is 10.4 Å². The van der Waals surface area contributed by atoms with E-state index in [4.69, 9.17) is 5.84 Å². The van der Waals surface area contributed by atoms with Gasteiger partial charge in [-0.25, -0.2) is 0 Å². The van der Waals surface area contributed by atoms with Crippen LogP contribution in [0, 0.1) is 0 Å². The summed E-state index contributed by atoms with van der Waals surface area (Å²) < 4.78 is 0. The van der Waals surface area contributed by atoms with Gasteiger partial charge in [-0.05, 0) is 41.2 Å². The third kappa shape index (κ3) is 3.63. The molecule has 0 saturated carbocycles. The Hall–Kier alpha value is -1.71. The molecule has 100 valence electrons. The number of benzene rings is 1. The van der Waals surface area contributed by atoms with Gasteiger partial charge in [0.15, 0.2) is 0 Å². The molecule has 3 nitrogen and oxygen atoms in total. The van der Waals surface area contributed by atoms with Crippen LogP contribution in [0.15, 0.2) is 48.8 Å². The highest BCUT2D eigenvalue weighted by Crippen LogP contribution is 2.19. The van der Waals surface area contributed by atoms with Gasteiger partial charge in [0.25, 0.3) is 0 Å². The topological polar surface area (TPSA) is 50.9 Å². The number of nitrogens with one attached hydrogen (secondary N) is 1. The number of nitrogens with zero attached hydrogens (tertiary/aromatic N) is 1. The molecule has 2 aromatic rings. The van der Waals surface area contributed by atoms with E-state index in [1.54, 1.807) is 12.4 Å². The predicted octanol–water partition coefficient (Wildman–Crippen LogP) is 2.95. The van der Waals surface area contributed by atoms with Gasteiger partial charge in [-0.2, -0.15) is 0 Å². The third-order valence-corrected chi connectivity index (χ3v) is 3.40. The zero-order chi connectivity index (χ0) is 13.7. The first-order chi connectivity index (χ1) is 9.20. The Morgan fingerprint density at radius 2 is 1.63 bits per heavy atom. The van der Waals surface area contributed by atoms with Gasteiger partial charge >= 0.3 is 0 Å². The van der Waals surface area contributed by atoms with Gasteiger partial charge in [0.05, 0.1) is 6.04 Å². The maximum Gasteiger partial charge on any atom is 0.0501 e. The quantitative estimate of drug-likeness (QED) is 0.638. The van der Waals surface area contributed by atoms with Crippen LogP contribution in [-0.2, 0) is 6.42 Å². The molecule has 1 heterocycles. The number of pyridine rings is 1. The SMILES string of the molecule is CC(C)c1ccc(CC(NN)c2ccncc2)cc1. The van der Waals surface area contributed by atoms with E-state index in [0.29, 0.717) is 5.92 Å². The molecule has 0 fully saturated rings. The lowest BCUT2D eigenvalue weighted by Gasteiger charge is -2.16. The van der Waals surface area contributed by atoms with Crippen molar-refractivity contribution < 1.29 is 0 Å². The normalized spacial score (nSPS) is 12.6. The van der Waals surface area contributed by atoms with Crippen LogP contribution in [-0.4, -0.2) is 4.98 Å². The van der Waals surface area contributed by atoms with E-state index >= 15 is 0 Å². The molecule has 0 amide bonds. The van der Waals surface area contributed by atoms with Crippen molar-refractivity contribution >= 4 is 0 Å². The van der Waals surface area contributed by atoms with Crippen molar-refractivity contribution in [3.63, 3.8) is 0 Å². The lowest BCUT2D eigenvalue weighted by atomic mass is 9.97. The highest BCUT2D eigenvalue weighted by Gasteiger charge is 2.10. The smallest absolute Gasteiger partial charge is 0.0501 e. The largest absolute Gasteiger partial charge is 0.271 e. The van der Waals surface area contributed by atoms with E-state index < -0.39 is 0 Å². The standard InChI is InChI=1S/C16H21N3/c1-12(2)14-5-3-13(4-6-14)11-16(19-17)15-7-9-18-10-8-15/h3-10,12,16,19H,11,17H2,1-2H3. The summed E-state index contributed by atoms with van der Waals surface area (Å²) in [6.07, 6.45) is 4.46. The zero-order valence-corrected chi connectivity index (χ0v) is 11.5. The van der Waals surface area contributed by atoms with Crippen molar-refractivity contribution in [2.75, 3.05) is 0 Å². The summed E-state index contributed by atoms with van der Waals surface area (Å²) in [7, 11) is 0. The second kappa shape index (κ2) is 6.45. The van der Waals surface area contributed by atoms with Crippen LogP contribution in [0.5, 0.6) is 0 Å². The van der Waals surface area contributed by atoms with Gasteiger partial charge in [-0.15, -0.1) is 0 Å². The lowest BCUT2D eigenvalue weighted by Crippen LogP contribution is -2.29. The van der Waals surface area contributed by atoms with Crippen molar-refractivity contribution in [2.45, 2.75) is 32.2 Å². The summed E-state index contributed by atoms with van der Waals surface area (Å²) in [5, 5.41) is 0. The predicted molar refractivity (Wildman–Crippen MR) is 78.5 cm³/mol. The highest BCUT2D eigenvalue weighted by molar-refractivity contribution is 5.27. The molecule has 1 unspecified atom stereocenters. The summed E-state index contributed by atoms with van der Waals surface area (Å²) in [5.41, 5.74) is 6.68. The summed E-state index contributed by atoms with van der Waals surface area (Å²) in [5.74, 6) is 6.23. The summed E-state index contributed by atoms with van der Waals surface area (Å²) in [6, 6.07) is 12.9. The molecule has 2 rings (SSSR count). The molecule has 3 heteroatoms. The van der Waals surface area contributed by atoms with Crippen LogP contribution < -0.4 is 11.3 Å². The maximum absolute atomic E-state index is 5.66. The van der Waals surface area contributed by atoms with E-state index in [1.165, 1.54) is 11.1 Å². The molecule has 1 atom stereocenters. The van der Waals surface area contributed by atoms with E-state index in [0.717, 1.165) is 12.0 Å². The van der Waals surface area contributed by atoms with Gasteiger partial charge in [-0.1, -0.05) is 38.1 Å². The first-order valence-electron chi connectivity index (χ1n) is 6.65. The van der Waals surface area contributed by atoms with E-state index in [-0.39, 0.29) is 6.04 Å². The number of nitrogens with two attached hydrogens (primary N) is 1. The van der Waals surface area contributed by atoms with E-state index in [2.05, 4.69) is 48.5 Å².